The zero-order chi connectivity index (χ0) is 13.7. The van der Waals surface area contributed by atoms with Crippen molar-refractivity contribution in [2.75, 3.05) is 31.9 Å². The molecule has 1 aromatic carbocycles. The lowest BCUT2D eigenvalue weighted by atomic mass is 10.2. The van der Waals surface area contributed by atoms with Crippen LogP contribution in [0, 0.1) is 0 Å². The van der Waals surface area contributed by atoms with E-state index in [1.807, 2.05) is 0 Å². The van der Waals surface area contributed by atoms with Gasteiger partial charge in [-0.25, -0.2) is 0 Å². The molecule has 5 nitrogen and oxygen atoms in total. The maximum atomic E-state index is 11.9. The number of anilines is 1. The molecule has 0 saturated carbocycles. The Morgan fingerprint density at radius 2 is 2.11 bits per heavy atom. The van der Waals surface area contributed by atoms with Crippen LogP contribution in [0.5, 0.6) is 11.5 Å². The molecule has 1 amide bonds. The number of methoxy groups -OCH3 is 2. The van der Waals surface area contributed by atoms with Crippen LogP contribution in [-0.2, 0) is 9.53 Å². The lowest BCUT2D eigenvalue weighted by Crippen LogP contribution is -2.19. The molecule has 1 heterocycles. The molecule has 1 aromatic rings. The average molecular weight is 281 g/mol. The summed E-state index contributed by atoms with van der Waals surface area (Å²) in [6.45, 7) is 0.551. The third kappa shape index (κ3) is 3.35. The van der Waals surface area contributed by atoms with Crippen molar-refractivity contribution in [3.05, 3.63) is 29.4 Å². The van der Waals surface area contributed by atoms with Gasteiger partial charge in [-0.2, -0.15) is 0 Å². The summed E-state index contributed by atoms with van der Waals surface area (Å²) >= 11 is 1.56. The van der Waals surface area contributed by atoms with Gasteiger partial charge in [0.15, 0.2) is 17.3 Å². The number of amides is 1. The number of nitrogens with one attached hydrogen (secondary N) is 1. The number of benzene rings is 1. The number of rotatable bonds is 4. The van der Waals surface area contributed by atoms with Gasteiger partial charge in [0.05, 0.1) is 20.8 Å². The van der Waals surface area contributed by atoms with Gasteiger partial charge in [0, 0.05) is 22.9 Å². The van der Waals surface area contributed by atoms with Crippen molar-refractivity contribution < 1.29 is 19.0 Å². The highest BCUT2D eigenvalue weighted by atomic mass is 32.2. The van der Waals surface area contributed by atoms with Gasteiger partial charge in [-0.15, -0.1) is 11.8 Å². The van der Waals surface area contributed by atoms with Crippen LogP contribution in [0.4, 0.5) is 5.69 Å². The smallest absolute Gasteiger partial charge is 0.291 e. The number of ether oxygens (including phenoxy) is 3. The Balaban J connectivity index is 2.10. The van der Waals surface area contributed by atoms with Gasteiger partial charge >= 0.3 is 0 Å². The fourth-order valence-corrected chi connectivity index (χ4v) is 2.22. The molecule has 19 heavy (non-hydrogen) atoms. The summed E-state index contributed by atoms with van der Waals surface area (Å²) < 4.78 is 15.6. The molecule has 6 heteroatoms. The van der Waals surface area contributed by atoms with E-state index >= 15 is 0 Å². The fraction of sp³-hybridized carbons (Fsp3) is 0.308. The quantitative estimate of drug-likeness (QED) is 0.917. The van der Waals surface area contributed by atoms with Crippen molar-refractivity contribution in [1.29, 1.82) is 0 Å². The first-order valence-electron chi connectivity index (χ1n) is 5.72. The SMILES string of the molecule is COc1ccc(NC(=O)C2=CSCCO2)cc1OC. The van der Waals surface area contributed by atoms with Gasteiger partial charge in [-0.1, -0.05) is 0 Å². The van der Waals surface area contributed by atoms with Crippen molar-refractivity contribution in [3.63, 3.8) is 0 Å². The molecule has 0 atom stereocenters. The second-order valence-corrected chi connectivity index (χ2v) is 4.70. The first kappa shape index (κ1) is 13.6. The Kier molecular flexibility index (Phi) is 4.57. The summed E-state index contributed by atoms with van der Waals surface area (Å²) in [5.74, 6) is 2.12. The van der Waals surface area contributed by atoms with Crippen LogP contribution in [0.1, 0.15) is 0 Å². The molecule has 0 fully saturated rings. The molecular weight excluding hydrogens is 266 g/mol. The van der Waals surface area contributed by atoms with Gasteiger partial charge < -0.3 is 19.5 Å². The van der Waals surface area contributed by atoms with Gasteiger partial charge in [0.1, 0.15) is 0 Å². The molecule has 0 spiro atoms. The summed E-state index contributed by atoms with van der Waals surface area (Å²) in [7, 11) is 3.11. The van der Waals surface area contributed by atoms with E-state index in [1.165, 1.54) is 0 Å². The highest BCUT2D eigenvalue weighted by molar-refractivity contribution is 8.02. The summed E-state index contributed by atoms with van der Waals surface area (Å²) in [5, 5.41) is 4.48. The number of carbonyl (C=O) groups is 1. The standard InChI is InChI=1S/C13H15NO4S/c1-16-10-4-3-9(7-11(10)17-2)14-13(15)12-8-19-6-5-18-12/h3-4,7-8H,5-6H2,1-2H3,(H,14,15). The van der Waals surface area contributed by atoms with Crippen LogP contribution >= 0.6 is 11.8 Å². The number of hydrogen-bond acceptors (Lipinski definition) is 5. The molecule has 0 bridgehead atoms. The van der Waals surface area contributed by atoms with Crippen LogP contribution in [0.25, 0.3) is 0 Å². The maximum absolute atomic E-state index is 11.9. The zero-order valence-corrected chi connectivity index (χ0v) is 11.6. The van der Waals surface area contributed by atoms with Crippen molar-refractivity contribution >= 4 is 23.4 Å². The van der Waals surface area contributed by atoms with Crippen molar-refractivity contribution in [2.45, 2.75) is 0 Å². The van der Waals surface area contributed by atoms with E-state index in [0.29, 0.717) is 29.6 Å². The molecule has 1 aliphatic rings. The molecule has 0 aromatic heterocycles. The summed E-state index contributed by atoms with van der Waals surface area (Å²) in [4.78, 5) is 11.9. The van der Waals surface area contributed by atoms with Crippen molar-refractivity contribution in [3.8, 4) is 11.5 Å². The molecule has 0 saturated heterocycles. The Morgan fingerprint density at radius 1 is 1.32 bits per heavy atom. The molecule has 1 N–H and O–H groups in total. The lowest BCUT2D eigenvalue weighted by Gasteiger charge is -2.15. The van der Waals surface area contributed by atoms with Crippen LogP contribution in [0.15, 0.2) is 29.4 Å². The predicted molar refractivity (Wildman–Crippen MR) is 74.7 cm³/mol. The molecule has 0 radical (unpaired) electrons. The van der Waals surface area contributed by atoms with Gasteiger partial charge in [0.2, 0.25) is 0 Å². The highest BCUT2D eigenvalue weighted by Crippen LogP contribution is 2.30. The largest absolute Gasteiger partial charge is 0.493 e. The molecule has 102 valence electrons. The Labute approximate surface area is 115 Å². The molecule has 0 aliphatic carbocycles. The topological polar surface area (TPSA) is 56.8 Å². The minimum Gasteiger partial charge on any atom is -0.493 e. The van der Waals surface area contributed by atoms with E-state index in [-0.39, 0.29) is 5.91 Å². The van der Waals surface area contributed by atoms with E-state index in [2.05, 4.69) is 5.32 Å². The predicted octanol–water partition coefficient (Wildman–Crippen LogP) is 2.25. The summed E-state index contributed by atoms with van der Waals surface area (Å²) in [6.07, 6.45) is 0. The number of thioether (sulfide) groups is 1. The van der Waals surface area contributed by atoms with Crippen LogP contribution in [0.2, 0.25) is 0 Å². The van der Waals surface area contributed by atoms with Crippen molar-refractivity contribution in [1.82, 2.24) is 0 Å². The lowest BCUT2D eigenvalue weighted by molar-refractivity contribution is -0.116. The first-order chi connectivity index (χ1) is 9.24. The Bertz CT molecular complexity index is 501. The summed E-state index contributed by atoms with van der Waals surface area (Å²) in [5.41, 5.74) is 0.628. The molecule has 1 aliphatic heterocycles. The Hall–Kier alpha value is -1.82. The van der Waals surface area contributed by atoms with Gasteiger partial charge in [0.25, 0.3) is 5.91 Å². The van der Waals surface area contributed by atoms with E-state index in [0.717, 1.165) is 5.75 Å². The zero-order valence-electron chi connectivity index (χ0n) is 10.8. The third-order valence-corrected chi connectivity index (χ3v) is 3.30. The minimum absolute atomic E-state index is 0.264. The average Bonchev–Trinajstić information content (AvgIpc) is 2.48. The number of hydrogen-bond donors (Lipinski definition) is 1. The second kappa shape index (κ2) is 6.38. The fourth-order valence-electron chi connectivity index (χ4n) is 1.59. The molecule has 0 unspecified atom stereocenters. The number of carbonyl (C=O) groups excluding carboxylic acids is 1. The molecule has 2 rings (SSSR count). The highest BCUT2D eigenvalue weighted by Gasteiger charge is 2.15. The van der Waals surface area contributed by atoms with Crippen LogP contribution < -0.4 is 14.8 Å². The Morgan fingerprint density at radius 3 is 2.74 bits per heavy atom. The second-order valence-electron chi connectivity index (χ2n) is 3.73. The third-order valence-electron chi connectivity index (χ3n) is 2.51. The van der Waals surface area contributed by atoms with Gasteiger partial charge in [-0.3, -0.25) is 4.79 Å². The van der Waals surface area contributed by atoms with Crippen LogP contribution in [0.3, 0.4) is 0 Å². The van der Waals surface area contributed by atoms with E-state index < -0.39 is 0 Å². The summed E-state index contributed by atoms with van der Waals surface area (Å²) in [6, 6.07) is 5.18. The maximum Gasteiger partial charge on any atom is 0.291 e. The normalized spacial score (nSPS) is 14.1. The van der Waals surface area contributed by atoms with E-state index in [1.54, 1.807) is 49.6 Å². The van der Waals surface area contributed by atoms with Crippen molar-refractivity contribution in [2.24, 2.45) is 0 Å². The van der Waals surface area contributed by atoms with Crippen LogP contribution in [-0.4, -0.2) is 32.5 Å². The van der Waals surface area contributed by atoms with E-state index in [4.69, 9.17) is 14.2 Å². The minimum atomic E-state index is -0.264. The first-order valence-corrected chi connectivity index (χ1v) is 6.77. The van der Waals surface area contributed by atoms with Gasteiger partial charge in [-0.05, 0) is 12.1 Å². The monoisotopic (exact) mass is 281 g/mol. The van der Waals surface area contributed by atoms with E-state index in [9.17, 15) is 4.79 Å². The molecular formula is C13H15NO4S.